The predicted molar refractivity (Wildman–Crippen MR) is 159 cm³/mol. The number of nitrogens with zero attached hydrogens (tertiary/aromatic N) is 4. The van der Waals surface area contributed by atoms with Crippen LogP contribution in [0.4, 0.5) is 5.69 Å². The maximum atomic E-state index is 14.3. The highest BCUT2D eigenvalue weighted by molar-refractivity contribution is 8.02. The molecule has 2 unspecified atom stereocenters. The van der Waals surface area contributed by atoms with Crippen LogP contribution in [0.1, 0.15) is 40.0 Å². The standard InChI is InChI=1S/C30H36N6O5S/c1-4-19(16-37)36-25(27(39)31-17-35-22-9-7-6-8-21(22)33-34-35)30-15-14-29(3,42-30)23(24(30)28(36)40)26(38)32-18-10-12-20(13-11-18)41-5-2/h6-13,19,23-25,37H,4-5,14-17H2,1-3H3,(H,31,39)(H,32,38)/t19-,23-,24-,25?,29+,30?/m0/s1. The number of anilines is 1. The Bertz CT molecular complexity index is 1510. The molecule has 3 amide bonds. The van der Waals surface area contributed by atoms with Gasteiger partial charge in [-0.3, -0.25) is 14.4 Å². The van der Waals surface area contributed by atoms with Gasteiger partial charge in [0.25, 0.3) is 0 Å². The normalized spacial score (nSPS) is 28.6. The third-order valence-electron chi connectivity index (χ3n) is 9.08. The molecule has 0 radical (unpaired) electrons. The predicted octanol–water partition coefficient (Wildman–Crippen LogP) is 2.79. The molecular formula is C30H36N6O5S. The van der Waals surface area contributed by atoms with Gasteiger partial charge in [-0.15, -0.1) is 16.9 Å². The Labute approximate surface area is 248 Å². The lowest BCUT2D eigenvalue weighted by Crippen LogP contribution is -2.56. The summed E-state index contributed by atoms with van der Waals surface area (Å²) in [4.78, 5) is 43.8. The van der Waals surface area contributed by atoms with E-state index in [1.54, 1.807) is 45.6 Å². The van der Waals surface area contributed by atoms with Gasteiger partial charge in [0.2, 0.25) is 17.7 Å². The molecule has 2 aromatic carbocycles. The van der Waals surface area contributed by atoms with Crippen LogP contribution in [-0.2, 0) is 21.1 Å². The van der Waals surface area contributed by atoms with Crippen molar-refractivity contribution in [1.82, 2.24) is 25.2 Å². The highest BCUT2D eigenvalue weighted by atomic mass is 32.2. The first-order valence-electron chi connectivity index (χ1n) is 14.5. The lowest BCUT2D eigenvalue weighted by molar-refractivity contribution is -0.142. The Hall–Kier alpha value is -3.64. The lowest BCUT2D eigenvalue weighted by atomic mass is 9.66. The first-order valence-corrected chi connectivity index (χ1v) is 15.3. The number of aliphatic hydroxyl groups excluding tert-OH is 1. The van der Waals surface area contributed by atoms with Gasteiger partial charge >= 0.3 is 0 Å². The summed E-state index contributed by atoms with van der Waals surface area (Å²) >= 11 is 1.60. The summed E-state index contributed by atoms with van der Waals surface area (Å²) in [7, 11) is 0. The second-order valence-electron chi connectivity index (χ2n) is 11.4. The number of aliphatic hydroxyl groups is 1. The van der Waals surface area contributed by atoms with Gasteiger partial charge < -0.3 is 25.4 Å². The molecule has 3 aliphatic heterocycles. The fraction of sp³-hybridized carbons (Fsp3) is 0.500. The Morgan fingerprint density at radius 2 is 1.90 bits per heavy atom. The number of aromatic nitrogens is 3. The van der Waals surface area contributed by atoms with Crippen LogP contribution in [0.25, 0.3) is 11.0 Å². The molecule has 3 aliphatic rings. The molecule has 0 aliphatic carbocycles. The van der Waals surface area contributed by atoms with Crippen molar-refractivity contribution in [2.24, 2.45) is 11.8 Å². The fourth-order valence-electron chi connectivity index (χ4n) is 7.18. The number of carbonyl (C=O) groups excluding carboxylic acids is 3. The van der Waals surface area contributed by atoms with Crippen molar-refractivity contribution in [1.29, 1.82) is 0 Å². The molecule has 11 nitrogen and oxygen atoms in total. The monoisotopic (exact) mass is 592 g/mol. The number of amides is 3. The smallest absolute Gasteiger partial charge is 0.245 e. The zero-order valence-corrected chi connectivity index (χ0v) is 24.8. The highest BCUT2D eigenvalue weighted by Crippen LogP contribution is 2.71. The molecule has 0 saturated carbocycles. The van der Waals surface area contributed by atoms with E-state index < -0.39 is 33.4 Å². The molecule has 3 saturated heterocycles. The van der Waals surface area contributed by atoms with E-state index >= 15 is 0 Å². The molecule has 222 valence electrons. The van der Waals surface area contributed by atoms with Crippen LogP contribution in [0.5, 0.6) is 5.75 Å². The Morgan fingerprint density at radius 3 is 2.62 bits per heavy atom. The summed E-state index contributed by atoms with van der Waals surface area (Å²) in [5, 5.41) is 24.6. The number of nitrogens with one attached hydrogen (secondary N) is 2. The zero-order valence-electron chi connectivity index (χ0n) is 23.9. The second kappa shape index (κ2) is 10.9. The van der Waals surface area contributed by atoms with Crippen LogP contribution in [-0.4, -0.2) is 77.5 Å². The van der Waals surface area contributed by atoms with E-state index in [0.29, 0.717) is 42.8 Å². The molecule has 4 heterocycles. The third kappa shape index (κ3) is 4.43. The van der Waals surface area contributed by atoms with Crippen LogP contribution in [0.15, 0.2) is 48.5 Å². The molecule has 1 spiro atoms. The molecule has 3 aromatic rings. The number of carbonyl (C=O) groups is 3. The number of hydrogen-bond acceptors (Lipinski definition) is 8. The first-order chi connectivity index (χ1) is 20.3. The lowest BCUT2D eigenvalue weighted by Gasteiger charge is -2.36. The van der Waals surface area contributed by atoms with Gasteiger partial charge in [-0.25, -0.2) is 4.68 Å². The number of ether oxygens (including phenoxy) is 1. The SMILES string of the molecule is CCOc1ccc(NC(=O)[C@@H]2[C@H]3C(=O)N([C@@H](CC)CO)C(C(=O)NCn4nnc5ccccc54)C34CC[C@@]2(C)S4)cc1. The molecule has 42 heavy (non-hydrogen) atoms. The molecule has 3 fully saturated rings. The van der Waals surface area contributed by atoms with Crippen LogP contribution in [0.3, 0.4) is 0 Å². The number of benzene rings is 2. The molecule has 12 heteroatoms. The second-order valence-corrected chi connectivity index (χ2v) is 13.3. The summed E-state index contributed by atoms with van der Waals surface area (Å²) in [6.07, 6.45) is 1.80. The van der Waals surface area contributed by atoms with E-state index in [1.807, 2.05) is 45.0 Å². The topological polar surface area (TPSA) is 139 Å². The van der Waals surface area contributed by atoms with Crippen LogP contribution >= 0.6 is 11.8 Å². The fourth-order valence-corrected chi connectivity index (χ4v) is 9.52. The first kappa shape index (κ1) is 28.5. The van der Waals surface area contributed by atoms with E-state index in [-0.39, 0.29) is 31.0 Å². The number of thioether (sulfide) groups is 1. The average Bonchev–Trinajstić information content (AvgIpc) is 3.69. The Morgan fingerprint density at radius 1 is 1.14 bits per heavy atom. The number of para-hydroxylation sites is 1. The van der Waals surface area contributed by atoms with Gasteiger partial charge in [0, 0.05) is 10.4 Å². The Balaban J connectivity index is 1.30. The molecule has 6 rings (SSSR count). The van der Waals surface area contributed by atoms with Gasteiger partial charge in [-0.05, 0) is 69.5 Å². The van der Waals surface area contributed by atoms with Crippen molar-refractivity contribution in [3.63, 3.8) is 0 Å². The molecule has 3 N–H and O–H groups in total. The van der Waals surface area contributed by atoms with Gasteiger partial charge in [-0.2, -0.15) is 0 Å². The quantitative estimate of drug-likeness (QED) is 0.327. The minimum Gasteiger partial charge on any atom is -0.494 e. The van der Waals surface area contributed by atoms with E-state index in [0.717, 1.165) is 5.52 Å². The number of hydrogen-bond donors (Lipinski definition) is 3. The summed E-state index contributed by atoms with van der Waals surface area (Å²) in [6.45, 7) is 6.18. The highest BCUT2D eigenvalue weighted by Gasteiger charge is 2.77. The van der Waals surface area contributed by atoms with Crippen molar-refractivity contribution in [2.75, 3.05) is 18.5 Å². The van der Waals surface area contributed by atoms with Crippen molar-refractivity contribution < 1.29 is 24.2 Å². The van der Waals surface area contributed by atoms with Gasteiger partial charge in [-0.1, -0.05) is 24.3 Å². The average molecular weight is 593 g/mol. The van der Waals surface area contributed by atoms with Gasteiger partial charge in [0.1, 0.15) is 24.0 Å². The van der Waals surface area contributed by atoms with Crippen LogP contribution in [0, 0.1) is 11.8 Å². The zero-order chi connectivity index (χ0) is 29.6. The number of fused-ring (bicyclic) bond motifs is 2. The maximum Gasteiger partial charge on any atom is 0.245 e. The Kier molecular flexibility index (Phi) is 7.38. The van der Waals surface area contributed by atoms with Crippen molar-refractivity contribution in [2.45, 2.75) is 68.3 Å². The largest absolute Gasteiger partial charge is 0.494 e. The molecular weight excluding hydrogens is 556 g/mol. The van der Waals surface area contributed by atoms with Crippen LogP contribution in [0.2, 0.25) is 0 Å². The molecule has 1 aromatic heterocycles. The third-order valence-corrected chi connectivity index (χ3v) is 11.1. The van der Waals surface area contributed by atoms with E-state index in [9.17, 15) is 19.5 Å². The van der Waals surface area contributed by atoms with Crippen molar-refractivity contribution in [3.05, 3.63) is 48.5 Å². The van der Waals surface area contributed by atoms with E-state index in [4.69, 9.17) is 4.74 Å². The minimum absolute atomic E-state index is 0.0815. The van der Waals surface area contributed by atoms with E-state index in [1.165, 1.54) is 0 Å². The van der Waals surface area contributed by atoms with Crippen molar-refractivity contribution in [3.8, 4) is 5.75 Å². The maximum absolute atomic E-state index is 14.3. The van der Waals surface area contributed by atoms with Crippen molar-refractivity contribution >= 4 is 46.2 Å². The summed E-state index contributed by atoms with van der Waals surface area (Å²) in [5.41, 5.74) is 2.12. The molecule has 6 atom stereocenters. The van der Waals surface area contributed by atoms with Gasteiger partial charge in [0.15, 0.2) is 0 Å². The number of likely N-dealkylation sites (tertiary alicyclic amines) is 1. The summed E-state index contributed by atoms with van der Waals surface area (Å²) in [5.74, 6) is -1.41. The number of rotatable bonds is 10. The van der Waals surface area contributed by atoms with Gasteiger partial charge in [0.05, 0.1) is 41.4 Å². The minimum atomic E-state index is -0.836. The van der Waals surface area contributed by atoms with Crippen LogP contribution < -0.4 is 15.4 Å². The summed E-state index contributed by atoms with van der Waals surface area (Å²) < 4.78 is 5.83. The molecule has 2 bridgehead atoms. The summed E-state index contributed by atoms with van der Waals surface area (Å²) in [6, 6.07) is 13.3. The van der Waals surface area contributed by atoms with E-state index in [2.05, 4.69) is 20.9 Å².